The number of carbonyl (C=O) groups is 1. The highest BCUT2D eigenvalue weighted by molar-refractivity contribution is 7.92. The number of fused-ring (bicyclic) bond motifs is 1. The molecule has 1 heterocycles. The summed E-state index contributed by atoms with van der Waals surface area (Å²) in [5, 5.41) is 0. The third-order valence-electron chi connectivity index (χ3n) is 5.96. The number of nitrogens with zero attached hydrogens (tertiary/aromatic N) is 1. The van der Waals surface area contributed by atoms with E-state index in [0.717, 1.165) is 56.1 Å². The highest BCUT2D eigenvalue weighted by Crippen LogP contribution is 2.33. The van der Waals surface area contributed by atoms with Crippen molar-refractivity contribution in [2.45, 2.75) is 49.8 Å². The molecule has 0 radical (unpaired) electrons. The molecule has 4 rings (SSSR count). The quantitative estimate of drug-likeness (QED) is 0.781. The summed E-state index contributed by atoms with van der Waals surface area (Å²) in [6.07, 6.45) is 7.04. The molecular weight excluding hydrogens is 400 g/mol. The van der Waals surface area contributed by atoms with E-state index in [9.17, 15) is 13.2 Å². The molecule has 1 aliphatic carbocycles. The average Bonchev–Trinajstić information content (AvgIpc) is 2.78. The van der Waals surface area contributed by atoms with E-state index in [0.29, 0.717) is 30.1 Å². The molecule has 1 aliphatic heterocycles. The van der Waals surface area contributed by atoms with Crippen molar-refractivity contribution in [3.8, 4) is 5.75 Å². The molecule has 0 atom stereocenters. The second-order valence-electron chi connectivity index (χ2n) is 7.98. The standard InChI is InChI=1S/C23H28N2O4S/c1-29-21-15-17-9-3-4-10-18(17)16-22(21)30(27,28)24-20-12-6-5-11-19(20)23(26)25-13-7-2-8-14-25/h5-6,11-12,15-16,24H,2-4,7-10,13-14H2,1H3. The number of benzene rings is 2. The highest BCUT2D eigenvalue weighted by Gasteiger charge is 2.26. The number of nitrogens with one attached hydrogen (secondary N) is 1. The Bertz CT molecular complexity index is 1040. The molecule has 0 saturated carbocycles. The van der Waals surface area contributed by atoms with Crippen molar-refractivity contribution in [1.82, 2.24) is 4.90 Å². The maximum absolute atomic E-state index is 13.3. The van der Waals surface area contributed by atoms with Crippen LogP contribution in [0.5, 0.6) is 5.75 Å². The largest absolute Gasteiger partial charge is 0.495 e. The number of carbonyl (C=O) groups excluding carboxylic acids is 1. The van der Waals surface area contributed by atoms with Crippen LogP contribution in [-0.4, -0.2) is 39.4 Å². The number of methoxy groups -OCH3 is 1. The van der Waals surface area contributed by atoms with Gasteiger partial charge in [0.15, 0.2) is 0 Å². The minimum Gasteiger partial charge on any atom is -0.495 e. The third-order valence-corrected chi connectivity index (χ3v) is 7.35. The Balaban J connectivity index is 1.67. The summed E-state index contributed by atoms with van der Waals surface area (Å²) < 4.78 is 34.7. The van der Waals surface area contributed by atoms with Gasteiger partial charge in [0, 0.05) is 13.1 Å². The predicted molar refractivity (Wildman–Crippen MR) is 117 cm³/mol. The van der Waals surface area contributed by atoms with E-state index in [1.165, 1.54) is 7.11 Å². The molecule has 0 bridgehead atoms. The van der Waals surface area contributed by atoms with Crippen molar-refractivity contribution in [3.05, 3.63) is 53.1 Å². The topological polar surface area (TPSA) is 75.7 Å². The second-order valence-corrected chi connectivity index (χ2v) is 9.63. The molecule has 2 aliphatic rings. The van der Waals surface area contributed by atoms with Gasteiger partial charge in [0.25, 0.3) is 15.9 Å². The van der Waals surface area contributed by atoms with Gasteiger partial charge in [-0.3, -0.25) is 9.52 Å². The van der Waals surface area contributed by atoms with Crippen LogP contribution in [0.4, 0.5) is 5.69 Å². The Kier molecular flexibility index (Phi) is 5.99. The fourth-order valence-electron chi connectivity index (χ4n) is 4.34. The number of aryl methyl sites for hydroxylation is 2. The van der Waals surface area contributed by atoms with E-state index in [1.807, 2.05) is 6.07 Å². The van der Waals surface area contributed by atoms with E-state index >= 15 is 0 Å². The molecule has 2 aromatic rings. The van der Waals surface area contributed by atoms with Gasteiger partial charge in [-0.05, 0) is 80.3 Å². The van der Waals surface area contributed by atoms with Crippen LogP contribution in [0.2, 0.25) is 0 Å². The van der Waals surface area contributed by atoms with Crippen molar-refractivity contribution in [1.29, 1.82) is 0 Å². The first kappa shape index (κ1) is 20.7. The number of amides is 1. The minimum atomic E-state index is -3.92. The van der Waals surface area contributed by atoms with E-state index in [1.54, 1.807) is 35.2 Å². The number of para-hydroxylation sites is 1. The summed E-state index contributed by atoms with van der Waals surface area (Å²) in [4.78, 5) is 14.9. The van der Waals surface area contributed by atoms with Crippen LogP contribution in [0, 0.1) is 0 Å². The van der Waals surface area contributed by atoms with Crippen LogP contribution in [0.1, 0.15) is 53.6 Å². The number of likely N-dealkylation sites (tertiary alicyclic amines) is 1. The number of anilines is 1. The van der Waals surface area contributed by atoms with Crippen molar-refractivity contribution < 1.29 is 17.9 Å². The van der Waals surface area contributed by atoms with Gasteiger partial charge in [0.1, 0.15) is 10.6 Å². The number of piperidine rings is 1. The molecule has 1 N–H and O–H groups in total. The third kappa shape index (κ3) is 4.17. The number of hydrogen-bond acceptors (Lipinski definition) is 4. The molecule has 0 unspecified atom stereocenters. The van der Waals surface area contributed by atoms with Gasteiger partial charge >= 0.3 is 0 Å². The lowest BCUT2D eigenvalue weighted by Crippen LogP contribution is -2.36. The summed E-state index contributed by atoms with van der Waals surface area (Å²) in [5.41, 5.74) is 2.88. The summed E-state index contributed by atoms with van der Waals surface area (Å²) >= 11 is 0. The molecule has 1 amide bonds. The van der Waals surface area contributed by atoms with Crippen LogP contribution in [-0.2, 0) is 22.9 Å². The van der Waals surface area contributed by atoms with Gasteiger partial charge in [-0.25, -0.2) is 8.42 Å². The lowest BCUT2D eigenvalue weighted by Gasteiger charge is -2.27. The van der Waals surface area contributed by atoms with Crippen LogP contribution >= 0.6 is 0 Å². The molecule has 30 heavy (non-hydrogen) atoms. The number of sulfonamides is 1. The highest BCUT2D eigenvalue weighted by atomic mass is 32.2. The molecule has 0 aromatic heterocycles. The molecule has 160 valence electrons. The van der Waals surface area contributed by atoms with Crippen molar-refractivity contribution >= 4 is 21.6 Å². The van der Waals surface area contributed by atoms with Crippen LogP contribution in [0.15, 0.2) is 41.3 Å². The van der Waals surface area contributed by atoms with Crippen molar-refractivity contribution in [3.63, 3.8) is 0 Å². The predicted octanol–water partition coefficient (Wildman–Crippen LogP) is 4.00. The van der Waals surface area contributed by atoms with Gasteiger partial charge in [-0.1, -0.05) is 12.1 Å². The zero-order valence-electron chi connectivity index (χ0n) is 17.3. The summed E-state index contributed by atoms with van der Waals surface area (Å²) in [5.74, 6) is 0.202. The van der Waals surface area contributed by atoms with E-state index in [-0.39, 0.29) is 10.8 Å². The first-order valence-corrected chi connectivity index (χ1v) is 12.1. The second kappa shape index (κ2) is 8.68. The van der Waals surface area contributed by atoms with Gasteiger partial charge in [0.05, 0.1) is 18.4 Å². The molecule has 6 nitrogen and oxygen atoms in total. The van der Waals surface area contributed by atoms with E-state index in [2.05, 4.69) is 4.72 Å². The van der Waals surface area contributed by atoms with Gasteiger partial charge in [-0.15, -0.1) is 0 Å². The van der Waals surface area contributed by atoms with Crippen LogP contribution in [0.25, 0.3) is 0 Å². The Morgan fingerprint density at radius 2 is 1.63 bits per heavy atom. The van der Waals surface area contributed by atoms with Crippen LogP contribution in [0.3, 0.4) is 0 Å². The SMILES string of the molecule is COc1cc2c(cc1S(=O)(=O)Nc1ccccc1C(=O)N1CCCCC1)CCCC2. The van der Waals surface area contributed by atoms with Gasteiger partial charge in [0.2, 0.25) is 0 Å². The smallest absolute Gasteiger partial charge is 0.265 e. The fraction of sp³-hybridized carbons (Fsp3) is 0.435. The summed E-state index contributed by atoms with van der Waals surface area (Å²) in [7, 11) is -2.44. The lowest BCUT2D eigenvalue weighted by molar-refractivity contribution is 0.0725. The van der Waals surface area contributed by atoms with E-state index < -0.39 is 10.0 Å². The average molecular weight is 429 g/mol. The monoisotopic (exact) mass is 428 g/mol. The Morgan fingerprint density at radius 1 is 0.967 bits per heavy atom. The lowest BCUT2D eigenvalue weighted by atomic mass is 9.92. The normalized spacial score (nSPS) is 16.6. The van der Waals surface area contributed by atoms with Crippen molar-refractivity contribution in [2.24, 2.45) is 0 Å². The summed E-state index contributed by atoms with van der Waals surface area (Å²) in [6.45, 7) is 1.41. The van der Waals surface area contributed by atoms with Crippen molar-refractivity contribution in [2.75, 3.05) is 24.9 Å². The number of rotatable bonds is 5. The summed E-state index contributed by atoms with van der Waals surface area (Å²) in [6, 6.07) is 10.4. The maximum Gasteiger partial charge on any atom is 0.265 e. The van der Waals surface area contributed by atoms with Gasteiger partial charge < -0.3 is 9.64 Å². The first-order valence-electron chi connectivity index (χ1n) is 10.6. The molecule has 7 heteroatoms. The zero-order chi connectivity index (χ0) is 21.1. The number of hydrogen-bond donors (Lipinski definition) is 1. The molecule has 2 aromatic carbocycles. The Labute approximate surface area is 178 Å². The van der Waals surface area contributed by atoms with Crippen LogP contribution < -0.4 is 9.46 Å². The first-order chi connectivity index (χ1) is 14.5. The Hall–Kier alpha value is -2.54. The van der Waals surface area contributed by atoms with E-state index in [4.69, 9.17) is 4.74 Å². The zero-order valence-corrected chi connectivity index (χ0v) is 18.1. The minimum absolute atomic E-state index is 0.117. The maximum atomic E-state index is 13.3. The number of ether oxygens (including phenoxy) is 1. The van der Waals surface area contributed by atoms with Gasteiger partial charge in [-0.2, -0.15) is 0 Å². The molecule has 0 spiro atoms. The molecular formula is C23H28N2O4S. The molecule has 1 fully saturated rings. The fourth-order valence-corrected chi connectivity index (χ4v) is 5.62. The Morgan fingerprint density at radius 3 is 2.33 bits per heavy atom. The molecule has 1 saturated heterocycles.